The second kappa shape index (κ2) is 3.59. The molecule has 0 spiro atoms. The first kappa shape index (κ1) is 9.33. The summed E-state index contributed by atoms with van der Waals surface area (Å²) in [4.78, 5) is 10.9. The average Bonchev–Trinajstić information content (AvgIpc) is 3.07. The van der Waals surface area contributed by atoms with Crippen molar-refractivity contribution in [2.75, 3.05) is 0 Å². The summed E-state index contributed by atoms with van der Waals surface area (Å²) in [6.45, 7) is 0. The van der Waals surface area contributed by atoms with E-state index in [2.05, 4.69) is 5.10 Å². The van der Waals surface area contributed by atoms with Gasteiger partial charge >= 0.3 is 0 Å². The molecule has 3 heteroatoms. The Morgan fingerprint density at radius 2 is 2.12 bits per heavy atom. The van der Waals surface area contributed by atoms with Crippen molar-refractivity contribution in [1.82, 2.24) is 9.78 Å². The van der Waals surface area contributed by atoms with Gasteiger partial charge < -0.3 is 0 Å². The first-order valence-electron chi connectivity index (χ1n) is 5.47. The molecule has 1 aliphatic rings. The minimum Gasteiger partial charge on any atom is -0.298 e. The number of hydrogen-bond acceptors (Lipinski definition) is 2. The monoisotopic (exact) mass is 212 g/mol. The third-order valence-corrected chi connectivity index (χ3v) is 2.96. The number of carbonyl (C=O) groups is 1. The van der Waals surface area contributed by atoms with Gasteiger partial charge in [-0.2, -0.15) is 5.10 Å². The predicted octanol–water partition coefficient (Wildman–Crippen LogP) is 2.56. The van der Waals surface area contributed by atoms with Crippen molar-refractivity contribution in [2.45, 2.75) is 18.8 Å². The number of benzene rings is 1. The highest BCUT2D eigenvalue weighted by Crippen LogP contribution is 2.39. The van der Waals surface area contributed by atoms with Gasteiger partial charge in [0.25, 0.3) is 0 Å². The van der Waals surface area contributed by atoms with Gasteiger partial charge in [-0.25, -0.2) is 4.68 Å². The predicted molar refractivity (Wildman–Crippen MR) is 60.9 cm³/mol. The highest BCUT2D eigenvalue weighted by molar-refractivity contribution is 5.80. The Morgan fingerprint density at radius 1 is 1.31 bits per heavy atom. The number of rotatable bonds is 3. The zero-order valence-electron chi connectivity index (χ0n) is 8.84. The zero-order valence-corrected chi connectivity index (χ0v) is 8.84. The Bertz CT molecular complexity index is 526. The molecular weight excluding hydrogens is 200 g/mol. The van der Waals surface area contributed by atoms with Crippen LogP contribution in [0.1, 0.15) is 34.7 Å². The van der Waals surface area contributed by atoms with E-state index in [-0.39, 0.29) is 0 Å². The summed E-state index contributed by atoms with van der Waals surface area (Å²) in [6, 6.07) is 7.49. The highest BCUT2D eigenvalue weighted by Gasteiger charge is 2.25. The maximum absolute atomic E-state index is 10.9. The molecule has 1 aromatic carbocycles. The van der Waals surface area contributed by atoms with Crippen molar-refractivity contribution in [1.29, 1.82) is 0 Å². The van der Waals surface area contributed by atoms with Crippen molar-refractivity contribution in [3.8, 4) is 5.69 Å². The molecular formula is C13H12N2O. The second-order valence-electron chi connectivity index (χ2n) is 4.17. The van der Waals surface area contributed by atoms with E-state index in [0.29, 0.717) is 11.5 Å². The van der Waals surface area contributed by atoms with Crippen molar-refractivity contribution in [2.24, 2.45) is 0 Å². The first-order valence-corrected chi connectivity index (χ1v) is 5.47. The minimum atomic E-state index is 0.674. The lowest BCUT2D eigenvalue weighted by Crippen LogP contribution is -1.98. The lowest BCUT2D eigenvalue weighted by Gasteiger charge is -2.03. The van der Waals surface area contributed by atoms with Crippen molar-refractivity contribution < 1.29 is 4.79 Å². The SMILES string of the molecule is O=Cc1ccccc1-n1cc(C2CC2)cn1. The Hall–Kier alpha value is -1.90. The molecule has 0 bridgehead atoms. The van der Waals surface area contributed by atoms with Crippen LogP contribution in [0.3, 0.4) is 0 Å². The summed E-state index contributed by atoms with van der Waals surface area (Å²) in [5, 5.41) is 4.31. The van der Waals surface area contributed by atoms with Gasteiger partial charge in [0.15, 0.2) is 6.29 Å². The van der Waals surface area contributed by atoms with E-state index in [1.54, 1.807) is 10.7 Å². The molecule has 0 saturated heterocycles. The van der Waals surface area contributed by atoms with Gasteiger partial charge in [0.05, 0.1) is 11.9 Å². The molecule has 1 saturated carbocycles. The average molecular weight is 212 g/mol. The van der Waals surface area contributed by atoms with Gasteiger partial charge in [-0.1, -0.05) is 12.1 Å². The highest BCUT2D eigenvalue weighted by atomic mass is 16.1. The fourth-order valence-corrected chi connectivity index (χ4v) is 1.89. The molecule has 1 heterocycles. The van der Waals surface area contributed by atoms with Gasteiger partial charge in [0.1, 0.15) is 0 Å². The molecule has 0 unspecified atom stereocenters. The van der Waals surface area contributed by atoms with E-state index >= 15 is 0 Å². The Morgan fingerprint density at radius 3 is 2.88 bits per heavy atom. The molecule has 0 atom stereocenters. The summed E-state index contributed by atoms with van der Waals surface area (Å²) >= 11 is 0. The fourth-order valence-electron chi connectivity index (χ4n) is 1.89. The van der Waals surface area contributed by atoms with Crippen LogP contribution in [0.4, 0.5) is 0 Å². The molecule has 0 amide bonds. The van der Waals surface area contributed by atoms with Crippen LogP contribution in [0, 0.1) is 0 Å². The molecule has 3 nitrogen and oxygen atoms in total. The molecule has 0 aliphatic heterocycles. The van der Waals surface area contributed by atoms with E-state index < -0.39 is 0 Å². The number of hydrogen-bond donors (Lipinski definition) is 0. The summed E-state index contributed by atoms with van der Waals surface area (Å²) < 4.78 is 1.79. The summed E-state index contributed by atoms with van der Waals surface area (Å²) in [7, 11) is 0. The lowest BCUT2D eigenvalue weighted by molar-refractivity contribution is 0.112. The summed E-state index contributed by atoms with van der Waals surface area (Å²) in [6.07, 6.45) is 7.33. The van der Waals surface area contributed by atoms with E-state index in [0.717, 1.165) is 12.0 Å². The molecule has 16 heavy (non-hydrogen) atoms. The molecule has 0 radical (unpaired) electrons. The maximum atomic E-state index is 10.9. The molecule has 1 aromatic heterocycles. The van der Waals surface area contributed by atoms with E-state index in [4.69, 9.17) is 0 Å². The van der Waals surface area contributed by atoms with Gasteiger partial charge in [0, 0.05) is 11.8 Å². The van der Waals surface area contributed by atoms with Gasteiger partial charge in [-0.05, 0) is 36.5 Å². The maximum Gasteiger partial charge on any atom is 0.152 e. The third-order valence-electron chi connectivity index (χ3n) is 2.96. The van der Waals surface area contributed by atoms with E-state index in [1.807, 2.05) is 30.6 Å². The van der Waals surface area contributed by atoms with Crippen molar-refractivity contribution >= 4 is 6.29 Å². The van der Waals surface area contributed by atoms with Crippen LogP contribution in [-0.4, -0.2) is 16.1 Å². The van der Waals surface area contributed by atoms with Crippen LogP contribution >= 0.6 is 0 Å². The smallest absolute Gasteiger partial charge is 0.152 e. The van der Waals surface area contributed by atoms with Crippen LogP contribution in [0.25, 0.3) is 5.69 Å². The number of aldehydes is 1. The molecule has 1 fully saturated rings. The Balaban J connectivity index is 2.03. The summed E-state index contributed by atoms with van der Waals surface area (Å²) in [5.74, 6) is 0.692. The van der Waals surface area contributed by atoms with Crippen LogP contribution < -0.4 is 0 Å². The van der Waals surface area contributed by atoms with Crippen molar-refractivity contribution in [3.05, 3.63) is 47.8 Å². The molecule has 3 rings (SSSR count). The quantitative estimate of drug-likeness (QED) is 0.733. The first-order chi connectivity index (χ1) is 7.88. The molecule has 0 N–H and O–H groups in total. The van der Waals surface area contributed by atoms with Gasteiger partial charge in [-0.3, -0.25) is 4.79 Å². The fraction of sp³-hybridized carbons (Fsp3) is 0.231. The van der Waals surface area contributed by atoms with Crippen molar-refractivity contribution in [3.63, 3.8) is 0 Å². The van der Waals surface area contributed by atoms with Gasteiger partial charge in [0.2, 0.25) is 0 Å². The van der Waals surface area contributed by atoms with Gasteiger partial charge in [-0.15, -0.1) is 0 Å². The molecule has 2 aromatic rings. The second-order valence-corrected chi connectivity index (χ2v) is 4.17. The topological polar surface area (TPSA) is 34.9 Å². The zero-order chi connectivity index (χ0) is 11.0. The Kier molecular flexibility index (Phi) is 2.10. The third kappa shape index (κ3) is 1.54. The lowest BCUT2D eigenvalue weighted by atomic mass is 10.2. The van der Waals surface area contributed by atoms with Crippen LogP contribution in [-0.2, 0) is 0 Å². The molecule has 1 aliphatic carbocycles. The van der Waals surface area contributed by atoms with E-state index in [9.17, 15) is 4.79 Å². The standard InChI is InChI=1S/C13H12N2O/c16-9-11-3-1-2-4-13(11)15-8-12(7-14-15)10-5-6-10/h1-4,7-10H,5-6H2. The van der Waals surface area contributed by atoms with E-state index in [1.165, 1.54) is 18.4 Å². The number of carbonyl (C=O) groups excluding carboxylic acids is 1. The normalized spacial score (nSPS) is 15.0. The van der Waals surface area contributed by atoms with Crippen LogP contribution in [0.5, 0.6) is 0 Å². The van der Waals surface area contributed by atoms with Crippen LogP contribution in [0.15, 0.2) is 36.7 Å². The number of nitrogens with zero attached hydrogens (tertiary/aromatic N) is 2. The minimum absolute atomic E-state index is 0.674. The largest absolute Gasteiger partial charge is 0.298 e. The molecule has 80 valence electrons. The Labute approximate surface area is 93.7 Å². The van der Waals surface area contributed by atoms with Crippen LogP contribution in [0.2, 0.25) is 0 Å². The number of para-hydroxylation sites is 1. The summed E-state index contributed by atoms with van der Waals surface area (Å²) in [5.41, 5.74) is 2.80. The number of aromatic nitrogens is 2.